The number of aryl methyl sites for hydroxylation is 1. The van der Waals surface area contributed by atoms with Crippen molar-refractivity contribution in [1.29, 1.82) is 0 Å². The largest absolute Gasteiger partial charge is 0.427 e. The van der Waals surface area contributed by atoms with E-state index in [0.29, 0.717) is 12.2 Å². The van der Waals surface area contributed by atoms with Crippen molar-refractivity contribution in [2.45, 2.75) is 58.8 Å². The lowest BCUT2D eigenvalue weighted by Crippen LogP contribution is -2.07. The molecule has 0 N–H and O–H groups in total. The van der Waals surface area contributed by atoms with E-state index in [9.17, 15) is 4.79 Å². The molecule has 0 saturated carbocycles. The lowest BCUT2D eigenvalue weighted by molar-refractivity contribution is -0.134. The summed E-state index contributed by atoms with van der Waals surface area (Å²) in [7, 11) is 0. The Labute approximate surface area is 179 Å². The Morgan fingerprint density at radius 2 is 1.43 bits per heavy atom. The highest BCUT2D eigenvalue weighted by atomic mass is 16.5. The zero-order valence-corrected chi connectivity index (χ0v) is 17.9. The molecule has 2 aromatic carbocycles. The minimum atomic E-state index is -0.170. The lowest BCUT2D eigenvalue weighted by Gasteiger charge is -2.07. The first-order chi connectivity index (χ1) is 14.7. The highest BCUT2D eigenvalue weighted by Gasteiger charge is 2.07. The van der Waals surface area contributed by atoms with Crippen LogP contribution >= 0.6 is 0 Å². The molecule has 1 heterocycles. The number of rotatable bonds is 10. The van der Waals surface area contributed by atoms with Gasteiger partial charge in [-0.2, -0.15) is 0 Å². The Kier molecular flexibility index (Phi) is 8.13. The van der Waals surface area contributed by atoms with Gasteiger partial charge in [-0.05, 0) is 36.1 Å². The summed E-state index contributed by atoms with van der Waals surface area (Å²) in [5, 5.41) is 0. The lowest BCUT2D eigenvalue weighted by atomic mass is 10.1. The van der Waals surface area contributed by atoms with Gasteiger partial charge in [-0.3, -0.25) is 4.79 Å². The molecule has 4 nitrogen and oxygen atoms in total. The Morgan fingerprint density at radius 3 is 2.07 bits per heavy atom. The zero-order valence-electron chi connectivity index (χ0n) is 17.9. The third kappa shape index (κ3) is 6.24. The summed E-state index contributed by atoms with van der Waals surface area (Å²) in [6.07, 6.45) is 10.6. The van der Waals surface area contributed by atoms with Gasteiger partial charge in [0.2, 0.25) is 0 Å². The van der Waals surface area contributed by atoms with Gasteiger partial charge < -0.3 is 4.74 Å². The Balaban J connectivity index is 1.59. The highest BCUT2D eigenvalue weighted by molar-refractivity contribution is 5.73. The summed E-state index contributed by atoms with van der Waals surface area (Å²) in [6, 6.07) is 15.9. The molecule has 0 bridgehead atoms. The van der Waals surface area contributed by atoms with Gasteiger partial charge in [-0.15, -0.1) is 0 Å². The van der Waals surface area contributed by atoms with Crippen LogP contribution in [0.2, 0.25) is 0 Å². The van der Waals surface area contributed by atoms with Crippen LogP contribution in [0, 0.1) is 0 Å². The number of unbranched alkanes of at least 4 members (excludes halogenated alkanes) is 3. The number of carbonyl (C=O) groups excluding carboxylic acids is 1. The topological polar surface area (TPSA) is 52.1 Å². The number of ether oxygens (including phenoxy) is 1. The fourth-order valence-electron chi connectivity index (χ4n) is 3.33. The number of hydrogen-bond acceptors (Lipinski definition) is 4. The van der Waals surface area contributed by atoms with Crippen molar-refractivity contribution in [2.24, 2.45) is 0 Å². The van der Waals surface area contributed by atoms with Crippen molar-refractivity contribution in [3.05, 3.63) is 66.5 Å². The monoisotopic (exact) mass is 402 g/mol. The Morgan fingerprint density at radius 1 is 0.767 bits per heavy atom. The maximum atomic E-state index is 11.9. The van der Waals surface area contributed by atoms with Crippen LogP contribution in [0.5, 0.6) is 5.75 Å². The van der Waals surface area contributed by atoms with E-state index in [1.165, 1.54) is 5.56 Å². The van der Waals surface area contributed by atoms with Crippen molar-refractivity contribution in [2.75, 3.05) is 0 Å². The molecule has 0 aliphatic heterocycles. The highest BCUT2D eigenvalue weighted by Crippen LogP contribution is 2.23. The number of aromatic nitrogens is 2. The molecular weight excluding hydrogens is 372 g/mol. The summed E-state index contributed by atoms with van der Waals surface area (Å²) in [5.74, 6) is 1.12. The van der Waals surface area contributed by atoms with E-state index in [2.05, 4.69) is 48.1 Å². The molecule has 3 aromatic rings. The second-order valence-corrected chi connectivity index (χ2v) is 7.55. The first-order valence-electron chi connectivity index (χ1n) is 10.9. The fraction of sp³-hybridized carbons (Fsp3) is 0.346. The van der Waals surface area contributed by atoms with Crippen molar-refractivity contribution in [3.63, 3.8) is 0 Å². The maximum Gasteiger partial charge on any atom is 0.311 e. The molecule has 4 heteroatoms. The molecule has 0 saturated heterocycles. The smallest absolute Gasteiger partial charge is 0.311 e. The van der Waals surface area contributed by atoms with Crippen molar-refractivity contribution < 1.29 is 9.53 Å². The molecule has 0 unspecified atom stereocenters. The molecule has 0 fully saturated rings. The van der Waals surface area contributed by atoms with Crippen molar-refractivity contribution in [1.82, 2.24) is 9.97 Å². The standard InChI is InChI=1S/C26H30N2O2/c1-3-5-6-7-9-25(29)30-24-16-14-21(15-17-24)23-18-27-26(28-19-23)22-12-10-20(8-4-2)11-13-22/h10-19H,3-9H2,1-2H3. The van der Waals surface area contributed by atoms with Crippen LogP contribution in [0.1, 0.15) is 57.9 Å². The van der Waals surface area contributed by atoms with Crippen LogP contribution in [0.15, 0.2) is 60.9 Å². The summed E-state index contributed by atoms with van der Waals surface area (Å²) < 4.78 is 5.42. The molecule has 0 spiro atoms. The zero-order chi connectivity index (χ0) is 21.2. The molecule has 0 atom stereocenters. The van der Waals surface area contributed by atoms with Crippen LogP contribution in [-0.4, -0.2) is 15.9 Å². The van der Waals surface area contributed by atoms with E-state index in [0.717, 1.165) is 61.0 Å². The van der Waals surface area contributed by atoms with Crippen LogP contribution in [0.3, 0.4) is 0 Å². The van der Waals surface area contributed by atoms with Crippen LogP contribution in [0.25, 0.3) is 22.5 Å². The molecule has 3 rings (SSSR count). The van der Waals surface area contributed by atoms with Gasteiger partial charge in [0, 0.05) is 29.9 Å². The summed E-state index contributed by atoms with van der Waals surface area (Å²) >= 11 is 0. The van der Waals surface area contributed by atoms with Crippen molar-refractivity contribution in [3.8, 4) is 28.3 Å². The Hall–Kier alpha value is -3.01. The molecule has 0 amide bonds. The Bertz CT molecular complexity index is 917. The van der Waals surface area contributed by atoms with Crippen LogP contribution < -0.4 is 4.74 Å². The predicted molar refractivity (Wildman–Crippen MR) is 121 cm³/mol. The minimum Gasteiger partial charge on any atom is -0.427 e. The van der Waals surface area contributed by atoms with Gasteiger partial charge in [0.1, 0.15) is 5.75 Å². The summed E-state index contributed by atoms with van der Waals surface area (Å²) in [6.45, 7) is 4.34. The predicted octanol–water partition coefficient (Wildman–Crippen LogP) is 6.64. The van der Waals surface area contributed by atoms with Gasteiger partial charge in [-0.25, -0.2) is 9.97 Å². The van der Waals surface area contributed by atoms with Gasteiger partial charge in [0.05, 0.1) is 0 Å². The first-order valence-corrected chi connectivity index (χ1v) is 10.9. The number of benzene rings is 2. The molecule has 0 aliphatic carbocycles. The van der Waals surface area contributed by atoms with E-state index in [1.54, 1.807) is 0 Å². The fourth-order valence-corrected chi connectivity index (χ4v) is 3.33. The van der Waals surface area contributed by atoms with Crippen LogP contribution in [-0.2, 0) is 11.2 Å². The molecule has 0 aliphatic rings. The number of nitrogens with zero attached hydrogens (tertiary/aromatic N) is 2. The van der Waals surface area contributed by atoms with Gasteiger partial charge in [-0.1, -0.05) is 75.9 Å². The SMILES string of the molecule is CCCCCCC(=O)Oc1ccc(-c2cnc(-c3ccc(CCC)cc3)nc2)cc1. The van der Waals surface area contributed by atoms with Crippen LogP contribution in [0.4, 0.5) is 0 Å². The quantitative estimate of drug-likeness (QED) is 0.217. The molecule has 1 aromatic heterocycles. The van der Waals surface area contributed by atoms with Gasteiger partial charge in [0.25, 0.3) is 0 Å². The van der Waals surface area contributed by atoms with Gasteiger partial charge in [0.15, 0.2) is 5.82 Å². The third-order valence-electron chi connectivity index (χ3n) is 5.06. The second kappa shape index (κ2) is 11.2. The minimum absolute atomic E-state index is 0.170. The van der Waals surface area contributed by atoms with E-state index in [1.807, 2.05) is 36.7 Å². The van der Waals surface area contributed by atoms with E-state index in [4.69, 9.17) is 4.74 Å². The summed E-state index contributed by atoms with van der Waals surface area (Å²) in [4.78, 5) is 21.0. The average molecular weight is 403 g/mol. The maximum absolute atomic E-state index is 11.9. The normalized spacial score (nSPS) is 10.7. The van der Waals surface area contributed by atoms with Gasteiger partial charge >= 0.3 is 5.97 Å². The first kappa shape index (κ1) is 21.7. The molecule has 156 valence electrons. The molecular formula is C26H30N2O2. The van der Waals surface area contributed by atoms with E-state index >= 15 is 0 Å². The molecule has 0 radical (unpaired) electrons. The average Bonchev–Trinajstić information content (AvgIpc) is 2.78. The number of hydrogen-bond donors (Lipinski definition) is 0. The van der Waals surface area contributed by atoms with Crippen molar-refractivity contribution >= 4 is 5.97 Å². The summed E-state index contributed by atoms with van der Waals surface area (Å²) in [5.41, 5.74) is 4.27. The number of esters is 1. The second-order valence-electron chi connectivity index (χ2n) is 7.55. The number of carbonyl (C=O) groups is 1. The van der Waals surface area contributed by atoms with E-state index in [-0.39, 0.29) is 5.97 Å². The molecule has 30 heavy (non-hydrogen) atoms. The van der Waals surface area contributed by atoms with E-state index < -0.39 is 0 Å². The third-order valence-corrected chi connectivity index (χ3v) is 5.06.